The first-order chi connectivity index (χ1) is 11.1. The Morgan fingerprint density at radius 2 is 1.96 bits per heavy atom. The van der Waals surface area contributed by atoms with Gasteiger partial charge in [0.1, 0.15) is 12.4 Å². The summed E-state index contributed by atoms with van der Waals surface area (Å²) in [5.74, 6) is -0.646. The molecule has 3 rings (SSSR count). The van der Waals surface area contributed by atoms with E-state index in [4.69, 9.17) is 11.6 Å². The van der Waals surface area contributed by atoms with Crippen LogP contribution in [0, 0.1) is 5.82 Å². The van der Waals surface area contributed by atoms with Crippen molar-refractivity contribution in [3.63, 3.8) is 0 Å². The standard InChI is InChI=1S/C17H12ClFN2O2/c18-12-1-6-16-15(7-12)11(10-22)8-21(16)9-17(23)20-14-4-2-13(19)3-5-14/h1-8,10H,9H2,(H,20,23). The van der Waals surface area contributed by atoms with Crippen molar-refractivity contribution in [2.75, 3.05) is 5.32 Å². The van der Waals surface area contributed by atoms with E-state index >= 15 is 0 Å². The lowest BCUT2D eigenvalue weighted by molar-refractivity contribution is -0.116. The number of nitrogens with zero attached hydrogens (tertiary/aromatic N) is 1. The van der Waals surface area contributed by atoms with Gasteiger partial charge in [0.2, 0.25) is 5.91 Å². The van der Waals surface area contributed by atoms with Crippen LogP contribution in [0.5, 0.6) is 0 Å². The van der Waals surface area contributed by atoms with Gasteiger partial charge >= 0.3 is 0 Å². The maximum absolute atomic E-state index is 12.9. The molecule has 0 saturated heterocycles. The van der Waals surface area contributed by atoms with E-state index in [1.807, 2.05) is 0 Å². The largest absolute Gasteiger partial charge is 0.337 e. The molecule has 1 heterocycles. The third-order valence-corrected chi connectivity index (χ3v) is 3.68. The molecule has 2 aromatic carbocycles. The van der Waals surface area contributed by atoms with E-state index in [-0.39, 0.29) is 18.3 Å². The Morgan fingerprint density at radius 3 is 2.65 bits per heavy atom. The molecular formula is C17H12ClFN2O2. The number of carbonyl (C=O) groups excluding carboxylic acids is 2. The van der Waals surface area contributed by atoms with E-state index in [9.17, 15) is 14.0 Å². The van der Waals surface area contributed by atoms with Crippen LogP contribution in [-0.4, -0.2) is 16.8 Å². The Labute approximate surface area is 136 Å². The van der Waals surface area contributed by atoms with Gasteiger partial charge in [0.05, 0.1) is 0 Å². The minimum absolute atomic E-state index is 0.0311. The molecule has 0 aliphatic rings. The predicted molar refractivity (Wildman–Crippen MR) is 87.4 cm³/mol. The first-order valence-corrected chi connectivity index (χ1v) is 7.23. The van der Waals surface area contributed by atoms with E-state index in [1.54, 1.807) is 29.0 Å². The van der Waals surface area contributed by atoms with Crippen molar-refractivity contribution in [1.29, 1.82) is 0 Å². The van der Waals surface area contributed by atoms with Crippen LogP contribution in [0.2, 0.25) is 5.02 Å². The third kappa shape index (κ3) is 3.24. The summed E-state index contributed by atoms with van der Waals surface area (Å²) in [6.07, 6.45) is 2.34. The monoisotopic (exact) mass is 330 g/mol. The Balaban J connectivity index is 1.84. The molecule has 0 radical (unpaired) electrons. The molecule has 1 N–H and O–H groups in total. The van der Waals surface area contributed by atoms with Crippen LogP contribution in [0.25, 0.3) is 10.9 Å². The molecule has 6 heteroatoms. The number of hydrogen-bond donors (Lipinski definition) is 1. The van der Waals surface area contributed by atoms with Crippen LogP contribution in [0.4, 0.5) is 10.1 Å². The van der Waals surface area contributed by atoms with Gasteiger partial charge in [-0.1, -0.05) is 11.6 Å². The summed E-state index contributed by atoms with van der Waals surface area (Å²) in [7, 11) is 0. The number of hydrogen-bond acceptors (Lipinski definition) is 2. The van der Waals surface area contributed by atoms with E-state index < -0.39 is 0 Å². The number of halogens is 2. The molecule has 23 heavy (non-hydrogen) atoms. The van der Waals surface area contributed by atoms with E-state index in [2.05, 4.69) is 5.32 Å². The zero-order chi connectivity index (χ0) is 16.4. The van der Waals surface area contributed by atoms with Crippen LogP contribution in [0.15, 0.2) is 48.7 Å². The van der Waals surface area contributed by atoms with Crippen LogP contribution in [0.1, 0.15) is 10.4 Å². The number of carbonyl (C=O) groups is 2. The molecule has 0 saturated carbocycles. The molecule has 116 valence electrons. The molecule has 0 unspecified atom stereocenters. The van der Waals surface area contributed by atoms with Crippen LogP contribution >= 0.6 is 11.6 Å². The summed E-state index contributed by atoms with van der Waals surface area (Å²) in [5.41, 5.74) is 1.72. The van der Waals surface area contributed by atoms with Gasteiger partial charge in [-0.15, -0.1) is 0 Å². The van der Waals surface area contributed by atoms with Gasteiger partial charge in [-0.25, -0.2) is 4.39 Å². The Bertz CT molecular complexity index is 887. The number of amides is 1. The van der Waals surface area contributed by atoms with E-state index in [0.717, 1.165) is 11.8 Å². The molecule has 1 amide bonds. The predicted octanol–water partition coefficient (Wildman–Crippen LogP) is 3.89. The number of nitrogens with one attached hydrogen (secondary N) is 1. The fourth-order valence-corrected chi connectivity index (χ4v) is 2.58. The molecule has 0 atom stereocenters. The average Bonchev–Trinajstić information content (AvgIpc) is 2.86. The fraction of sp³-hybridized carbons (Fsp3) is 0.0588. The Morgan fingerprint density at radius 1 is 1.22 bits per heavy atom. The lowest BCUT2D eigenvalue weighted by Gasteiger charge is -2.07. The molecular weight excluding hydrogens is 319 g/mol. The van der Waals surface area contributed by atoms with Gasteiger partial charge in [0, 0.05) is 33.4 Å². The number of aromatic nitrogens is 1. The van der Waals surface area contributed by atoms with Crippen molar-refractivity contribution in [1.82, 2.24) is 4.57 Å². The number of benzene rings is 2. The van der Waals surface area contributed by atoms with Gasteiger partial charge in [-0.3, -0.25) is 9.59 Å². The highest BCUT2D eigenvalue weighted by Crippen LogP contribution is 2.24. The quantitative estimate of drug-likeness (QED) is 0.738. The highest BCUT2D eigenvalue weighted by molar-refractivity contribution is 6.31. The Kier molecular flexibility index (Phi) is 4.12. The third-order valence-electron chi connectivity index (χ3n) is 3.44. The summed E-state index contributed by atoms with van der Waals surface area (Å²) in [5, 5.41) is 3.90. The fourth-order valence-electron chi connectivity index (χ4n) is 2.41. The van der Waals surface area contributed by atoms with Crippen molar-refractivity contribution in [3.8, 4) is 0 Å². The SMILES string of the molecule is O=Cc1cn(CC(=O)Nc2ccc(F)cc2)c2ccc(Cl)cc12. The molecule has 0 spiro atoms. The topological polar surface area (TPSA) is 51.1 Å². The zero-order valence-electron chi connectivity index (χ0n) is 11.9. The molecule has 0 fully saturated rings. The van der Waals surface area contributed by atoms with Gasteiger partial charge in [-0.2, -0.15) is 0 Å². The summed E-state index contributed by atoms with van der Waals surface area (Å²) in [6.45, 7) is 0.0311. The van der Waals surface area contributed by atoms with Gasteiger partial charge in [0.15, 0.2) is 6.29 Å². The second-order valence-corrected chi connectivity index (χ2v) is 5.48. The number of rotatable bonds is 4. The lowest BCUT2D eigenvalue weighted by atomic mass is 10.2. The molecule has 1 aromatic heterocycles. The maximum atomic E-state index is 12.9. The Hall–Kier alpha value is -2.66. The molecule has 0 aliphatic carbocycles. The van der Waals surface area contributed by atoms with E-state index in [0.29, 0.717) is 21.7 Å². The summed E-state index contributed by atoms with van der Waals surface area (Å²) >= 11 is 5.95. The summed E-state index contributed by atoms with van der Waals surface area (Å²) < 4.78 is 14.5. The molecule has 0 bridgehead atoms. The van der Waals surface area contributed by atoms with Crippen LogP contribution in [0.3, 0.4) is 0 Å². The highest BCUT2D eigenvalue weighted by atomic mass is 35.5. The molecule has 0 aliphatic heterocycles. The second kappa shape index (κ2) is 6.22. The van der Waals surface area contributed by atoms with Gasteiger partial charge in [-0.05, 0) is 42.5 Å². The number of fused-ring (bicyclic) bond motifs is 1. The number of anilines is 1. The van der Waals surface area contributed by atoms with Crippen molar-refractivity contribution in [3.05, 3.63) is 65.1 Å². The zero-order valence-corrected chi connectivity index (χ0v) is 12.7. The second-order valence-electron chi connectivity index (χ2n) is 5.05. The summed E-state index contributed by atoms with van der Waals surface area (Å²) in [4.78, 5) is 23.3. The smallest absolute Gasteiger partial charge is 0.244 e. The van der Waals surface area contributed by atoms with Crippen LogP contribution < -0.4 is 5.32 Å². The van der Waals surface area contributed by atoms with Gasteiger partial charge in [0.25, 0.3) is 0 Å². The van der Waals surface area contributed by atoms with Crippen molar-refractivity contribution >= 4 is 40.4 Å². The maximum Gasteiger partial charge on any atom is 0.244 e. The normalized spacial score (nSPS) is 10.7. The van der Waals surface area contributed by atoms with E-state index in [1.165, 1.54) is 24.3 Å². The van der Waals surface area contributed by atoms with Crippen LogP contribution in [-0.2, 0) is 11.3 Å². The highest BCUT2D eigenvalue weighted by Gasteiger charge is 2.11. The lowest BCUT2D eigenvalue weighted by Crippen LogP contribution is -2.18. The average molecular weight is 331 g/mol. The first kappa shape index (κ1) is 15.2. The minimum atomic E-state index is -0.369. The molecule has 4 nitrogen and oxygen atoms in total. The number of aldehydes is 1. The van der Waals surface area contributed by atoms with Crippen molar-refractivity contribution < 1.29 is 14.0 Å². The van der Waals surface area contributed by atoms with Gasteiger partial charge < -0.3 is 9.88 Å². The molecule has 3 aromatic rings. The first-order valence-electron chi connectivity index (χ1n) is 6.86. The van der Waals surface area contributed by atoms with Crippen molar-refractivity contribution in [2.24, 2.45) is 0 Å². The minimum Gasteiger partial charge on any atom is -0.337 e. The summed E-state index contributed by atoms with van der Waals surface area (Å²) in [6, 6.07) is 10.7. The van der Waals surface area contributed by atoms with Crippen molar-refractivity contribution in [2.45, 2.75) is 6.54 Å².